The highest BCUT2D eigenvalue weighted by atomic mass is 16.6. The van der Waals surface area contributed by atoms with E-state index in [1.807, 2.05) is 30.3 Å². The van der Waals surface area contributed by atoms with Gasteiger partial charge in [-0.3, -0.25) is 9.69 Å². The van der Waals surface area contributed by atoms with Gasteiger partial charge in [-0.15, -0.1) is 0 Å². The monoisotopic (exact) mass is 542 g/mol. The summed E-state index contributed by atoms with van der Waals surface area (Å²) in [6, 6.07) is 11.4. The zero-order valence-electron chi connectivity index (χ0n) is 23.4. The van der Waals surface area contributed by atoms with Crippen LogP contribution in [0.2, 0.25) is 0 Å². The molecule has 2 aliphatic rings. The Morgan fingerprint density at radius 3 is 2.64 bits per heavy atom. The van der Waals surface area contributed by atoms with Crippen LogP contribution in [0.5, 0.6) is 0 Å². The first-order chi connectivity index (χ1) is 18.6. The number of rotatable bonds is 10. The van der Waals surface area contributed by atoms with Gasteiger partial charge in [0.15, 0.2) is 0 Å². The van der Waals surface area contributed by atoms with Gasteiger partial charge in [-0.25, -0.2) is 4.79 Å². The number of hydrogen-bond donors (Lipinski definition) is 3. The largest absolute Gasteiger partial charge is 0.475 e. The van der Waals surface area contributed by atoms with Crippen LogP contribution in [0.25, 0.3) is 0 Å². The van der Waals surface area contributed by atoms with E-state index in [-0.39, 0.29) is 30.5 Å². The van der Waals surface area contributed by atoms with Gasteiger partial charge < -0.3 is 29.7 Å². The van der Waals surface area contributed by atoms with Crippen molar-refractivity contribution in [2.45, 2.75) is 83.0 Å². The summed E-state index contributed by atoms with van der Waals surface area (Å²) >= 11 is 0. The molecule has 0 bridgehead atoms. The molecule has 2 aliphatic heterocycles. The molecular weight excluding hydrogens is 499 g/mol. The molecule has 214 valence electrons. The van der Waals surface area contributed by atoms with Crippen LogP contribution in [0.4, 0.5) is 4.79 Å². The Balaban J connectivity index is 1.54. The molecule has 0 aliphatic carbocycles. The number of nitrogens with zero attached hydrogens (tertiary/aromatic N) is 3. The highest BCUT2D eigenvalue weighted by molar-refractivity contribution is 6.43. The van der Waals surface area contributed by atoms with Gasteiger partial charge >= 0.3 is 13.2 Å². The van der Waals surface area contributed by atoms with E-state index in [0.717, 1.165) is 31.5 Å². The summed E-state index contributed by atoms with van der Waals surface area (Å²) in [6.07, 6.45) is 2.35. The predicted octanol–water partition coefficient (Wildman–Crippen LogP) is 2.14. The summed E-state index contributed by atoms with van der Waals surface area (Å²) in [5.74, 6) is -1.94. The molecule has 2 heterocycles. The first kappa shape index (κ1) is 30.9. The van der Waals surface area contributed by atoms with Gasteiger partial charge in [0.25, 0.3) is 0 Å². The van der Waals surface area contributed by atoms with Crippen molar-refractivity contribution in [1.82, 2.24) is 15.1 Å². The average molecular weight is 542 g/mol. The Labute approximate surface area is 232 Å². The lowest BCUT2D eigenvalue weighted by molar-refractivity contribution is -0.135. The van der Waals surface area contributed by atoms with Crippen molar-refractivity contribution >= 4 is 19.1 Å². The third kappa shape index (κ3) is 9.50. The summed E-state index contributed by atoms with van der Waals surface area (Å²) in [5.41, 5.74) is 0.680. The van der Waals surface area contributed by atoms with Crippen LogP contribution in [-0.4, -0.2) is 95.4 Å². The maximum Gasteiger partial charge on any atom is 0.475 e. The first-order valence-electron chi connectivity index (χ1n) is 14.0. The average Bonchev–Trinajstić information content (AvgIpc) is 3.14. The Kier molecular flexibility index (Phi) is 11.6. The smallest absolute Gasteiger partial charge is 0.444 e. The van der Waals surface area contributed by atoms with Crippen LogP contribution in [-0.2, 0) is 20.7 Å². The molecule has 2 saturated heterocycles. The zero-order valence-corrected chi connectivity index (χ0v) is 23.4. The Bertz CT molecular complexity index is 973. The lowest BCUT2D eigenvalue weighted by Gasteiger charge is -2.43. The van der Waals surface area contributed by atoms with Crippen LogP contribution in [0.1, 0.15) is 58.4 Å². The Morgan fingerprint density at radius 1 is 1.23 bits per heavy atom. The number of nitriles is 1. The summed E-state index contributed by atoms with van der Waals surface area (Å²) < 4.78 is 11.3. The molecule has 2 amide bonds. The molecule has 39 heavy (non-hydrogen) atoms. The second kappa shape index (κ2) is 14.7. The van der Waals surface area contributed by atoms with Crippen molar-refractivity contribution < 1.29 is 29.1 Å². The fraction of sp³-hybridized carbons (Fsp3) is 0.679. The fourth-order valence-corrected chi connectivity index (χ4v) is 5.32. The maximum absolute atomic E-state index is 13.4. The van der Waals surface area contributed by atoms with Crippen molar-refractivity contribution in [1.29, 1.82) is 5.26 Å². The summed E-state index contributed by atoms with van der Waals surface area (Å²) in [7, 11) is -1.76. The molecule has 11 heteroatoms. The number of nitrogens with one attached hydrogen (secondary N) is 1. The van der Waals surface area contributed by atoms with E-state index in [2.05, 4.69) is 37.1 Å². The van der Waals surface area contributed by atoms with Crippen molar-refractivity contribution in [3.63, 3.8) is 0 Å². The minimum Gasteiger partial charge on any atom is -0.444 e. The fourth-order valence-electron chi connectivity index (χ4n) is 5.32. The van der Waals surface area contributed by atoms with Gasteiger partial charge in [-0.2, -0.15) is 5.26 Å². The lowest BCUT2D eigenvalue weighted by Crippen LogP contribution is -2.52. The number of hydrogen-bond acceptors (Lipinski definition) is 8. The van der Waals surface area contributed by atoms with Crippen LogP contribution in [0.15, 0.2) is 30.3 Å². The van der Waals surface area contributed by atoms with Crippen molar-refractivity contribution in [2.75, 3.05) is 32.8 Å². The SMILES string of the molecule is C[C@@H]1CN(C(C)(C)CCC(C#N)C(=O)N2CCCC[C@@H](OC(=O)N[C@@H](Cc3ccccc3)B(O)O)C2)CCO1. The molecule has 1 aromatic rings. The third-order valence-electron chi connectivity index (χ3n) is 7.77. The summed E-state index contributed by atoms with van der Waals surface area (Å²) in [5, 5.41) is 32.0. The van der Waals surface area contributed by atoms with Gasteiger partial charge in [-0.05, 0) is 64.9 Å². The van der Waals surface area contributed by atoms with E-state index in [9.17, 15) is 24.9 Å². The van der Waals surface area contributed by atoms with E-state index in [1.54, 1.807) is 4.90 Å². The number of likely N-dealkylation sites (tertiary alicyclic amines) is 1. The number of amides is 2. The first-order valence-corrected chi connectivity index (χ1v) is 14.0. The highest BCUT2D eigenvalue weighted by Crippen LogP contribution is 2.27. The molecule has 4 atom stereocenters. The lowest BCUT2D eigenvalue weighted by atomic mass is 9.76. The normalized spacial score (nSPS) is 22.2. The van der Waals surface area contributed by atoms with Gasteiger partial charge in [-0.1, -0.05) is 30.3 Å². The van der Waals surface area contributed by atoms with Crippen LogP contribution in [0.3, 0.4) is 0 Å². The van der Waals surface area contributed by atoms with Crippen LogP contribution >= 0.6 is 0 Å². The molecule has 2 fully saturated rings. The maximum atomic E-state index is 13.4. The van der Waals surface area contributed by atoms with Gasteiger partial charge in [0, 0.05) is 25.2 Å². The van der Waals surface area contributed by atoms with Crippen LogP contribution in [0, 0.1) is 17.2 Å². The molecule has 3 rings (SSSR count). The molecule has 0 aromatic heterocycles. The third-order valence-corrected chi connectivity index (χ3v) is 7.77. The predicted molar refractivity (Wildman–Crippen MR) is 147 cm³/mol. The van der Waals surface area contributed by atoms with Crippen molar-refractivity contribution in [3.8, 4) is 6.07 Å². The van der Waals surface area contributed by atoms with E-state index in [0.29, 0.717) is 32.4 Å². The highest BCUT2D eigenvalue weighted by Gasteiger charge is 2.35. The Hall–Kier alpha value is -2.65. The van der Waals surface area contributed by atoms with Crippen molar-refractivity contribution in [2.24, 2.45) is 5.92 Å². The molecule has 1 unspecified atom stereocenters. The van der Waals surface area contributed by atoms with Gasteiger partial charge in [0.05, 0.1) is 31.3 Å². The zero-order chi connectivity index (χ0) is 28.4. The van der Waals surface area contributed by atoms with E-state index >= 15 is 0 Å². The number of ether oxygens (including phenoxy) is 2. The second-order valence-corrected chi connectivity index (χ2v) is 11.3. The van der Waals surface area contributed by atoms with E-state index in [1.165, 1.54) is 0 Å². The topological polar surface area (TPSA) is 135 Å². The number of morpholine rings is 1. The van der Waals surface area contributed by atoms with Crippen LogP contribution < -0.4 is 5.32 Å². The molecule has 3 N–H and O–H groups in total. The summed E-state index contributed by atoms with van der Waals surface area (Å²) in [6.45, 7) is 9.39. The Morgan fingerprint density at radius 2 is 1.97 bits per heavy atom. The van der Waals surface area contributed by atoms with Crippen molar-refractivity contribution in [3.05, 3.63) is 35.9 Å². The molecule has 0 spiro atoms. The number of carbonyl (C=O) groups excluding carboxylic acids is 2. The number of benzene rings is 1. The second-order valence-electron chi connectivity index (χ2n) is 11.3. The standard InChI is InChI=1S/C28H43BN4O6/c1-21-19-33(15-16-38-21)28(2,3)13-12-23(18-30)26(34)32-14-8-7-11-24(20-32)39-27(35)31-25(29(36)37)17-22-9-5-4-6-10-22/h4-6,9-10,21,23-25,36-37H,7-8,11-17,19-20H2,1-3H3,(H,31,35)/t21-,23?,24-,25+/m1/s1. The van der Waals surface area contributed by atoms with E-state index < -0.39 is 31.2 Å². The van der Waals surface area contributed by atoms with Gasteiger partial charge in [0.2, 0.25) is 5.91 Å². The molecular formula is C28H43BN4O6. The minimum atomic E-state index is -1.76. The molecule has 0 saturated carbocycles. The molecule has 0 radical (unpaired) electrons. The number of carbonyl (C=O) groups is 2. The van der Waals surface area contributed by atoms with Gasteiger partial charge in [0.1, 0.15) is 12.0 Å². The molecule has 10 nitrogen and oxygen atoms in total. The summed E-state index contributed by atoms with van der Waals surface area (Å²) in [4.78, 5) is 30.0. The minimum absolute atomic E-state index is 0.159. The van der Waals surface area contributed by atoms with E-state index in [4.69, 9.17) is 9.47 Å². The number of alkyl carbamates (subject to hydrolysis) is 1. The molecule has 1 aromatic carbocycles. The quantitative estimate of drug-likeness (QED) is 0.383.